The number of rotatable bonds is 18. The Bertz CT molecular complexity index is 6050. The van der Waals surface area contributed by atoms with Crippen molar-refractivity contribution in [1.29, 1.82) is 15.8 Å². The molecule has 0 bridgehead atoms. The van der Waals surface area contributed by atoms with Crippen molar-refractivity contribution in [3.63, 3.8) is 0 Å². The molecule has 23 nitrogen and oxygen atoms in total. The summed E-state index contributed by atoms with van der Waals surface area (Å²) < 4.78 is 57.3. The largest absolute Gasteiger partial charge is 0.477 e. The number of hydrogen-bond acceptors (Lipinski definition) is 17. The third kappa shape index (κ3) is 18.0. The lowest BCUT2D eigenvalue weighted by molar-refractivity contribution is 0.0690. The van der Waals surface area contributed by atoms with Crippen LogP contribution in [-0.4, -0.2) is 102 Å². The Morgan fingerprint density at radius 2 is 0.780 bits per heavy atom. The molecular formula is C84H73N15O8S2. The van der Waals surface area contributed by atoms with E-state index in [0.29, 0.717) is 62.6 Å². The highest BCUT2D eigenvalue weighted by Gasteiger charge is 2.28. The normalized spacial score (nSPS) is 11.4. The molecule has 9 heterocycles. The van der Waals surface area contributed by atoms with Crippen LogP contribution in [0.3, 0.4) is 0 Å². The number of hydrogen-bond donors (Lipinski definition) is 5. The van der Waals surface area contributed by atoms with E-state index in [1.165, 1.54) is 20.2 Å². The first-order chi connectivity index (χ1) is 52.2. The number of aromatic carboxylic acids is 1. The van der Waals surface area contributed by atoms with Gasteiger partial charge in [-0.05, 0) is 155 Å². The lowest BCUT2D eigenvalue weighted by atomic mass is 9.96. The van der Waals surface area contributed by atoms with Crippen LogP contribution >= 0.6 is 0 Å². The molecule has 9 aromatic heterocycles. The molecule has 0 aliphatic carbocycles. The number of carboxylic acid groups (broad SMARTS) is 1. The van der Waals surface area contributed by atoms with Gasteiger partial charge in [0.1, 0.15) is 22.7 Å². The van der Waals surface area contributed by atoms with E-state index in [0.717, 1.165) is 39.0 Å². The molecule has 0 fully saturated rings. The van der Waals surface area contributed by atoms with Gasteiger partial charge in [-0.3, -0.25) is 9.59 Å². The number of nitrogens with zero attached hydrogens (tertiary/aromatic N) is 11. The minimum atomic E-state index is -3.95. The van der Waals surface area contributed by atoms with Gasteiger partial charge in [0.15, 0.2) is 11.3 Å². The van der Waals surface area contributed by atoms with Crippen molar-refractivity contribution in [2.24, 2.45) is 22.0 Å². The number of nitrogens with two attached hydrogens (primary N) is 1. The molecule has 14 aromatic rings. The van der Waals surface area contributed by atoms with Crippen molar-refractivity contribution >= 4 is 70.9 Å². The fourth-order valence-electron chi connectivity index (χ4n) is 10.9. The number of benzene rings is 5. The second-order valence-electron chi connectivity index (χ2n) is 27.0. The smallest absolute Gasteiger partial charge is 0.354 e. The number of carbonyl (C=O) groups is 3. The van der Waals surface area contributed by atoms with E-state index < -0.39 is 36.8 Å². The van der Waals surface area contributed by atoms with Crippen LogP contribution in [0.1, 0.15) is 73.0 Å². The zero-order valence-corrected chi connectivity index (χ0v) is 61.7. The van der Waals surface area contributed by atoms with Crippen molar-refractivity contribution in [2.45, 2.75) is 51.3 Å². The first-order valence-electron chi connectivity index (χ1n) is 34.2. The highest BCUT2D eigenvalue weighted by atomic mass is 32.2. The highest BCUT2D eigenvalue weighted by molar-refractivity contribution is 7.90. The van der Waals surface area contributed by atoms with E-state index in [2.05, 4.69) is 69.8 Å². The van der Waals surface area contributed by atoms with Crippen LogP contribution in [0, 0.1) is 50.2 Å². The second-order valence-corrected chi connectivity index (χ2v) is 30.6. The minimum Gasteiger partial charge on any atom is -0.477 e. The third-order valence-electron chi connectivity index (χ3n) is 17.1. The van der Waals surface area contributed by atoms with Crippen LogP contribution in [-0.2, 0) is 20.0 Å². The van der Waals surface area contributed by atoms with Gasteiger partial charge in [0.2, 0.25) is 0 Å². The summed E-state index contributed by atoms with van der Waals surface area (Å²) in [6.07, 6.45) is 4.80. The molecule has 14 rings (SSSR count). The first-order valence-corrected chi connectivity index (χ1v) is 37.1. The number of nitrogens with one attached hydrogen (secondary N) is 3. The Kier molecular flexibility index (Phi) is 23.0. The van der Waals surface area contributed by atoms with Gasteiger partial charge in [-0.2, -0.15) is 15.8 Å². The SMILES string of the molecule is CC(C)(C#N)CN.CC(C)(C#N)CNC(=O)c1cccc(-c2cnc3[nH]c(-c4ccccc4)cc3c2)n1.CC(C)(C#N)CNC(=O)c1cccc(-c2cnc3c(c2)cc(-c2ccccc2)n3S(=O)(=O)c2ccccc2)n1.O=C(O)c1cccc(-c2cnc3c(c2)cc(-c2ccccc2)n3S(=O)(=O)c2ccccc2)n1. The molecule has 5 aromatic carbocycles. The average molecular weight is 1480 g/mol. The summed E-state index contributed by atoms with van der Waals surface area (Å²) in [6.45, 7) is 11.5. The number of nitriles is 3. The van der Waals surface area contributed by atoms with E-state index in [1.807, 2.05) is 123 Å². The molecule has 0 saturated carbocycles. The van der Waals surface area contributed by atoms with E-state index in [9.17, 15) is 41.6 Å². The van der Waals surface area contributed by atoms with Gasteiger partial charge in [-0.1, -0.05) is 146 Å². The number of carbonyl (C=O) groups excluding carboxylic acids is 2. The van der Waals surface area contributed by atoms with Gasteiger partial charge in [0.25, 0.3) is 31.9 Å². The van der Waals surface area contributed by atoms with Crippen molar-refractivity contribution < 1.29 is 36.3 Å². The van der Waals surface area contributed by atoms with Crippen LogP contribution < -0.4 is 16.4 Å². The van der Waals surface area contributed by atoms with E-state index in [4.69, 9.17) is 16.3 Å². The highest BCUT2D eigenvalue weighted by Crippen LogP contribution is 2.36. The van der Waals surface area contributed by atoms with Crippen LogP contribution in [0.2, 0.25) is 0 Å². The van der Waals surface area contributed by atoms with Crippen molar-refractivity contribution in [1.82, 2.24) is 53.5 Å². The zero-order chi connectivity index (χ0) is 77.7. The number of fused-ring (bicyclic) bond motifs is 3. The molecule has 0 aliphatic rings. The van der Waals surface area contributed by atoms with Gasteiger partial charge in [0, 0.05) is 76.8 Å². The summed E-state index contributed by atoms with van der Waals surface area (Å²) in [5.74, 6) is -1.82. The monoisotopic (exact) mass is 1480 g/mol. The van der Waals surface area contributed by atoms with Crippen LogP contribution in [0.15, 0.2) is 271 Å². The molecule has 6 N–H and O–H groups in total. The number of amides is 2. The molecule has 544 valence electrons. The topological polar surface area (TPSA) is 364 Å². The standard InChI is InChI=1S/C30H25N5O3S.C25H17N3O4S.C24H21N5O.C5H10N2/c1-30(2,19-31)20-33-29(36)26-15-9-14-25(34-26)23-16-22-17-27(21-10-5-3-6-11-21)35(28(22)32-18-23)39(37,38)24-12-7-4-8-13-24;29-25(30)22-13-7-12-21(27-22)19-14-18-15-23(17-8-3-1-4-9-17)28(24(18)26-16-19)33(31,32)20-10-5-2-6-11-20;1-24(2,14-25)15-27-23(30)20-10-6-9-19(28-20)18-11-17-12-21(29-22(17)26-13-18)16-7-4-3-5-8-16;1-5(2,3-6)4-7/h3-18H,20H2,1-2H3,(H,33,36);1-16H,(H,29,30);3-13H,15H2,1-2H3,(H,26,29)(H,27,30);3,6H2,1-2H3. The van der Waals surface area contributed by atoms with E-state index in [-0.39, 0.29) is 62.8 Å². The van der Waals surface area contributed by atoms with Gasteiger partial charge >= 0.3 is 5.97 Å². The summed E-state index contributed by atoms with van der Waals surface area (Å²) in [6, 6.07) is 77.7. The van der Waals surface area contributed by atoms with Crippen molar-refractivity contribution in [2.75, 3.05) is 19.6 Å². The van der Waals surface area contributed by atoms with Crippen molar-refractivity contribution in [3.8, 4) is 85.8 Å². The van der Waals surface area contributed by atoms with Gasteiger partial charge < -0.3 is 26.5 Å². The predicted octanol–water partition coefficient (Wildman–Crippen LogP) is 15.0. The van der Waals surface area contributed by atoms with Crippen molar-refractivity contribution in [3.05, 3.63) is 278 Å². The Hall–Kier alpha value is -13.6. The maximum Gasteiger partial charge on any atom is 0.354 e. The van der Waals surface area contributed by atoms with Gasteiger partial charge in [0.05, 0.1) is 72.7 Å². The third-order valence-corrected chi connectivity index (χ3v) is 20.5. The molecule has 0 radical (unpaired) electrons. The number of aromatic nitrogens is 9. The minimum absolute atomic E-state index is 0.0817. The molecule has 25 heteroatoms. The second kappa shape index (κ2) is 32.8. The fourth-order valence-corrected chi connectivity index (χ4v) is 13.9. The summed E-state index contributed by atoms with van der Waals surface area (Å²) in [5.41, 5.74) is 13.5. The Labute approximate surface area is 629 Å². The molecule has 0 unspecified atom stereocenters. The predicted molar refractivity (Wildman–Crippen MR) is 418 cm³/mol. The molecule has 0 spiro atoms. The molecule has 0 saturated heterocycles. The molecule has 109 heavy (non-hydrogen) atoms. The first kappa shape index (κ1) is 76.5. The number of carboxylic acids is 1. The summed E-state index contributed by atoms with van der Waals surface area (Å²) in [5, 5.41) is 43.5. The summed E-state index contributed by atoms with van der Waals surface area (Å²) in [4.78, 5) is 66.8. The van der Waals surface area contributed by atoms with Crippen LogP contribution in [0.25, 0.3) is 101 Å². The maximum atomic E-state index is 13.8. The Balaban J connectivity index is 0.000000156. The summed E-state index contributed by atoms with van der Waals surface area (Å²) >= 11 is 0. The lowest BCUT2D eigenvalue weighted by Crippen LogP contribution is -2.33. The maximum absolute atomic E-state index is 13.8. The van der Waals surface area contributed by atoms with Gasteiger partial charge in [-0.15, -0.1) is 0 Å². The summed E-state index contributed by atoms with van der Waals surface area (Å²) in [7, 11) is -7.89. The molecule has 0 atom stereocenters. The zero-order valence-electron chi connectivity index (χ0n) is 60.1. The average Bonchev–Trinajstić information content (AvgIpc) is 1.61. The lowest BCUT2D eigenvalue weighted by Gasteiger charge is -2.15. The fraction of sp³-hybridized carbons (Fsp3) is 0.143. The van der Waals surface area contributed by atoms with E-state index in [1.54, 1.807) is 161 Å². The van der Waals surface area contributed by atoms with E-state index >= 15 is 0 Å². The van der Waals surface area contributed by atoms with Crippen LogP contribution in [0.4, 0.5) is 0 Å². The molecular weight excluding hydrogens is 1410 g/mol. The number of aromatic amines is 1. The Morgan fingerprint density at radius 3 is 1.15 bits per heavy atom. The quantitative estimate of drug-likeness (QED) is 0.0533. The van der Waals surface area contributed by atoms with Gasteiger partial charge in [-0.25, -0.2) is 59.5 Å². The molecule has 2 amide bonds. The number of pyridine rings is 6. The molecule has 0 aliphatic heterocycles. The number of H-pyrrole nitrogens is 1. The Morgan fingerprint density at radius 1 is 0.431 bits per heavy atom. The van der Waals surface area contributed by atoms with Crippen LogP contribution in [0.5, 0.6) is 0 Å².